The molecule has 106 valence electrons. The van der Waals surface area contributed by atoms with Gasteiger partial charge in [-0.15, -0.1) is 22.9 Å². The van der Waals surface area contributed by atoms with Gasteiger partial charge in [0.15, 0.2) is 0 Å². The first-order valence-electron chi connectivity index (χ1n) is 6.65. The molecule has 0 aliphatic carbocycles. The summed E-state index contributed by atoms with van der Waals surface area (Å²) in [4.78, 5) is 16.4. The number of rotatable bonds is 4. The van der Waals surface area contributed by atoms with Crippen LogP contribution in [-0.4, -0.2) is 42.5 Å². The van der Waals surface area contributed by atoms with Crippen LogP contribution in [0, 0.1) is 13.8 Å². The van der Waals surface area contributed by atoms with E-state index in [1.165, 1.54) is 10.4 Å². The van der Waals surface area contributed by atoms with Crippen molar-refractivity contribution in [2.45, 2.75) is 32.8 Å². The highest BCUT2D eigenvalue weighted by Gasteiger charge is 2.25. The fraction of sp³-hybridized carbons (Fsp3) is 0.643. The molecule has 1 fully saturated rings. The van der Waals surface area contributed by atoms with E-state index in [1.54, 1.807) is 11.3 Å². The maximum atomic E-state index is 12.4. The molecule has 0 aromatic carbocycles. The SMILES string of the molecule is Cc1cc(C(=O)N2CCC(OCCCl)CC2)sc1C. The summed E-state index contributed by atoms with van der Waals surface area (Å²) in [5, 5.41) is 0. The van der Waals surface area contributed by atoms with Crippen LogP contribution < -0.4 is 0 Å². The molecule has 1 saturated heterocycles. The van der Waals surface area contributed by atoms with Gasteiger partial charge in [0, 0.05) is 23.8 Å². The normalized spacial score (nSPS) is 16.9. The van der Waals surface area contributed by atoms with Crippen LogP contribution in [0.5, 0.6) is 0 Å². The predicted molar refractivity (Wildman–Crippen MR) is 79.4 cm³/mol. The van der Waals surface area contributed by atoms with Crippen LogP contribution in [0.4, 0.5) is 0 Å². The molecule has 0 unspecified atom stereocenters. The molecule has 1 amide bonds. The number of thiophene rings is 1. The van der Waals surface area contributed by atoms with Crippen molar-refractivity contribution in [2.75, 3.05) is 25.6 Å². The molecule has 1 aromatic heterocycles. The average molecular weight is 302 g/mol. The van der Waals surface area contributed by atoms with E-state index in [0.29, 0.717) is 12.5 Å². The van der Waals surface area contributed by atoms with E-state index in [4.69, 9.17) is 16.3 Å². The molecule has 19 heavy (non-hydrogen) atoms. The first kappa shape index (κ1) is 14.8. The van der Waals surface area contributed by atoms with Crippen LogP contribution in [0.2, 0.25) is 0 Å². The molecule has 1 aliphatic heterocycles. The summed E-state index contributed by atoms with van der Waals surface area (Å²) in [5.41, 5.74) is 1.20. The fourth-order valence-corrected chi connectivity index (χ4v) is 3.36. The van der Waals surface area contributed by atoms with Crippen LogP contribution in [0.25, 0.3) is 0 Å². The van der Waals surface area contributed by atoms with Gasteiger partial charge in [-0.2, -0.15) is 0 Å². The van der Waals surface area contributed by atoms with Crippen molar-refractivity contribution < 1.29 is 9.53 Å². The summed E-state index contributed by atoms with van der Waals surface area (Å²) >= 11 is 7.20. The summed E-state index contributed by atoms with van der Waals surface area (Å²) < 4.78 is 5.62. The Bertz CT molecular complexity index is 419. The van der Waals surface area contributed by atoms with Crippen LogP contribution in [0.1, 0.15) is 33.0 Å². The number of hydrogen-bond donors (Lipinski definition) is 0. The summed E-state index contributed by atoms with van der Waals surface area (Å²) in [5.74, 6) is 0.698. The Kier molecular flexibility index (Phi) is 5.25. The number of carbonyl (C=O) groups excluding carboxylic acids is 1. The van der Waals surface area contributed by atoms with E-state index < -0.39 is 0 Å². The second kappa shape index (κ2) is 6.73. The third-order valence-electron chi connectivity index (χ3n) is 3.54. The molecule has 2 heterocycles. The minimum atomic E-state index is 0.164. The lowest BCUT2D eigenvalue weighted by molar-refractivity contribution is 0.0155. The number of piperidine rings is 1. The lowest BCUT2D eigenvalue weighted by Crippen LogP contribution is -2.40. The van der Waals surface area contributed by atoms with Gasteiger partial charge in [0.1, 0.15) is 0 Å². The van der Waals surface area contributed by atoms with Gasteiger partial charge in [-0.25, -0.2) is 0 Å². The summed E-state index contributed by atoms with van der Waals surface area (Å²) in [7, 11) is 0. The highest BCUT2D eigenvalue weighted by atomic mass is 35.5. The van der Waals surface area contributed by atoms with Gasteiger partial charge in [0.2, 0.25) is 0 Å². The van der Waals surface area contributed by atoms with E-state index in [9.17, 15) is 4.79 Å². The predicted octanol–water partition coefficient (Wildman–Crippen LogP) is 3.22. The quantitative estimate of drug-likeness (QED) is 0.799. The van der Waals surface area contributed by atoms with Crippen molar-refractivity contribution in [1.82, 2.24) is 4.90 Å². The Balaban J connectivity index is 1.89. The molecule has 3 nitrogen and oxygen atoms in total. The van der Waals surface area contributed by atoms with Gasteiger partial charge in [-0.05, 0) is 38.3 Å². The Morgan fingerprint density at radius 1 is 1.47 bits per heavy atom. The second-order valence-corrected chi connectivity index (χ2v) is 6.54. The van der Waals surface area contributed by atoms with Crippen LogP contribution >= 0.6 is 22.9 Å². The second-order valence-electron chi connectivity index (χ2n) is 4.90. The number of ether oxygens (including phenoxy) is 1. The Labute approximate surface area is 123 Å². The van der Waals surface area contributed by atoms with E-state index in [2.05, 4.69) is 13.8 Å². The van der Waals surface area contributed by atoms with Crippen molar-refractivity contribution >= 4 is 28.8 Å². The van der Waals surface area contributed by atoms with Gasteiger partial charge in [0.25, 0.3) is 5.91 Å². The van der Waals surface area contributed by atoms with Crippen molar-refractivity contribution in [1.29, 1.82) is 0 Å². The molecule has 0 radical (unpaired) electrons. The summed E-state index contributed by atoms with van der Waals surface area (Å²) in [6.07, 6.45) is 2.08. The fourth-order valence-electron chi connectivity index (χ4n) is 2.27. The third kappa shape index (κ3) is 3.71. The highest BCUT2D eigenvalue weighted by Crippen LogP contribution is 2.24. The smallest absolute Gasteiger partial charge is 0.263 e. The number of hydrogen-bond acceptors (Lipinski definition) is 3. The maximum Gasteiger partial charge on any atom is 0.263 e. The molecule has 0 saturated carbocycles. The molecule has 1 aliphatic rings. The molecular formula is C14H20ClNO2S. The minimum Gasteiger partial charge on any atom is -0.377 e. The molecule has 0 N–H and O–H groups in total. The number of halogens is 1. The monoisotopic (exact) mass is 301 g/mol. The van der Waals surface area contributed by atoms with Gasteiger partial charge >= 0.3 is 0 Å². The molecule has 2 rings (SSSR count). The molecular weight excluding hydrogens is 282 g/mol. The zero-order valence-corrected chi connectivity index (χ0v) is 13.0. The minimum absolute atomic E-state index is 0.164. The number of carbonyl (C=O) groups is 1. The van der Waals surface area contributed by atoms with E-state index in [1.807, 2.05) is 11.0 Å². The van der Waals surface area contributed by atoms with Crippen molar-refractivity contribution in [3.8, 4) is 0 Å². The van der Waals surface area contributed by atoms with Crippen LogP contribution in [0.3, 0.4) is 0 Å². The molecule has 0 spiro atoms. The van der Waals surface area contributed by atoms with Crippen LogP contribution in [0.15, 0.2) is 6.07 Å². The van der Waals surface area contributed by atoms with E-state index in [-0.39, 0.29) is 12.0 Å². The Morgan fingerprint density at radius 3 is 2.68 bits per heavy atom. The average Bonchev–Trinajstić information content (AvgIpc) is 2.76. The summed E-state index contributed by atoms with van der Waals surface area (Å²) in [6, 6.07) is 2.00. The first-order valence-corrected chi connectivity index (χ1v) is 8.00. The standard InChI is InChI=1S/C14H20ClNO2S/c1-10-9-13(19-11(10)2)14(17)16-6-3-12(4-7-16)18-8-5-15/h9,12H,3-8H2,1-2H3. The number of likely N-dealkylation sites (tertiary alicyclic amines) is 1. The van der Waals surface area contributed by atoms with Gasteiger partial charge in [-0.3, -0.25) is 4.79 Å². The van der Waals surface area contributed by atoms with Crippen molar-refractivity contribution in [3.05, 3.63) is 21.4 Å². The molecule has 1 aromatic rings. The first-order chi connectivity index (χ1) is 9.11. The summed E-state index contributed by atoms with van der Waals surface area (Å²) in [6.45, 7) is 6.27. The Morgan fingerprint density at radius 2 is 2.16 bits per heavy atom. The number of nitrogens with zero attached hydrogens (tertiary/aromatic N) is 1. The molecule has 5 heteroatoms. The highest BCUT2D eigenvalue weighted by molar-refractivity contribution is 7.14. The lowest BCUT2D eigenvalue weighted by Gasteiger charge is -2.31. The largest absolute Gasteiger partial charge is 0.377 e. The Hall–Kier alpha value is -0.580. The third-order valence-corrected chi connectivity index (χ3v) is 4.83. The van der Waals surface area contributed by atoms with Crippen molar-refractivity contribution in [3.63, 3.8) is 0 Å². The van der Waals surface area contributed by atoms with Crippen LogP contribution in [-0.2, 0) is 4.74 Å². The lowest BCUT2D eigenvalue weighted by atomic mass is 10.1. The number of amides is 1. The van der Waals surface area contributed by atoms with E-state index in [0.717, 1.165) is 30.8 Å². The number of alkyl halides is 1. The molecule has 0 bridgehead atoms. The number of aryl methyl sites for hydroxylation is 2. The topological polar surface area (TPSA) is 29.5 Å². The zero-order valence-electron chi connectivity index (χ0n) is 11.4. The van der Waals surface area contributed by atoms with Gasteiger partial charge < -0.3 is 9.64 Å². The zero-order chi connectivity index (χ0) is 13.8. The molecule has 0 atom stereocenters. The van der Waals surface area contributed by atoms with Gasteiger partial charge in [-0.1, -0.05) is 0 Å². The van der Waals surface area contributed by atoms with E-state index >= 15 is 0 Å². The maximum absolute atomic E-state index is 12.4. The van der Waals surface area contributed by atoms with Gasteiger partial charge in [0.05, 0.1) is 17.6 Å². The van der Waals surface area contributed by atoms with Crippen molar-refractivity contribution in [2.24, 2.45) is 0 Å².